The molecule has 4 rings (SSSR count). The molecule has 0 bridgehead atoms. The number of benzene rings is 1. The van der Waals surface area contributed by atoms with Gasteiger partial charge < -0.3 is 20.1 Å². The number of nitrogens with zero attached hydrogens (tertiary/aromatic N) is 5. The molecular formula is C22H22N6O3. The highest BCUT2D eigenvalue weighted by molar-refractivity contribution is 5.73. The summed E-state index contributed by atoms with van der Waals surface area (Å²) in [4.78, 5) is 21.4. The van der Waals surface area contributed by atoms with Crippen molar-refractivity contribution >= 4 is 17.3 Å². The molecule has 31 heavy (non-hydrogen) atoms. The molecule has 1 aliphatic heterocycles. The van der Waals surface area contributed by atoms with Gasteiger partial charge in [-0.05, 0) is 23.8 Å². The SMILES string of the molecule is C#CC1(n2ncc3cncnc32)C(c2cc(OC)cc(OC)c2)C(N)CN1C=CC=O. The number of methoxy groups -OCH3 is 2. The van der Waals surface area contributed by atoms with Crippen LogP contribution < -0.4 is 15.2 Å². The van der Waals surface area contributed by atoms with Gasteiger partial charge in [0.2, 0.25) is 5.66 Å². The van der Waals surface area contributed by atoms with Crippen molar-refractivity contribution in [3.8, 4) is 23.8 Å². The summed E-state index contributed by atoms with van der Waals surface area (Å²) in [5, 5.41) is 5.30. The van der Waals surface area contributed by atoms with Gasteiger partial charge in [0.15, 0.2) is 5.65 Å². The number of hydrogen-bond donors (Lipinski definition) is 1. The molecule has 2 aromatic heterocycles. The molecule has 0 amide bonds. The summed E-state index contributed by atoms with van der Waals surface area (Å²) in [7, 11) is 3.16. The number of terminal acetylenes is 1. The van der Waals surface area contributed by atoms with Crippen LogP contribution in [0.5, 0.6) is 11.5 Å². The monoisotopic (exact) mass is 418 g/mol. The van der Waals surface area contributed by atoms with Crippen LogP contribution in [0, 0.1) is 12.3 Å². The Morgan fingerprint density at radius 1 is 1.26 bits per heavy atom. The third-order valence-corrected chi connectivity index (χ3v) is 5.55. The lowest BCUT2D eigenvalue weighted by molar-refractivity contribution is -0.104. The van der Waals surface area contributed by atoms with Crippen LogP contribution >= 0.6 is 0 Å². The third-order valence-electron chi connectivity index (χ3n) is 5.55. The Morgan fingerprint density at radius 2 is 2.00 bits per heavy atom. The highest BCUT2D eigenvalue weighted by atomic mass is 16.5. The number of fused-ring (bicyclic) bond motifs is 1. The summed E-state index contributed by atoms with van der Waals surface area (Å²) in [5.74, 6) is 3.73. The van der Waals surface area contributed by atoms with E-state index >= 15 is 0 Å². The summed E-state index contributed by atoms with van der Waals surface area (Å²) in [6, 6.07) is 5.16. The molecule has 0 radical (unpaired) electrons. The predicted molar refractivity (Wildman–Crippen MR) is 114 cm³/mol. The third kappa shape index (κ3) is 3.17. The Kier molecular flexibility index (Phi) is 5.31. The molecule has 9 heteroatoms. The zero-order valence-electron chi connectivity index (χ0n) is 17.2. The molecule has 1 aliphatic rings. The lowest BCUT2D eigenvalue weighted by Crippen LogP contribution is -2.47. The lowest BCUT2D eigenvalue weighted by atomic mass is 9.84. The predicted octanol–water partition coefficient (Wildman–Crippen LogP) is 1.27. The lowest BCUT2D eigenvalue weighted by Gasteiger charge is -2.38. The molecular weight excluding hydrogens is 396 g/mol. The van der Waals surface area contributed by atoms with Crippen LogP contribution in [0.1, 0.15) is 11.5 Å². The maximum atomic E-state index is 11.1. The van der Waals surface area contributed by atoms with Crippen LogP contribution in [0.2, 0.25) is 0 Å². The summed E-state index contributed by atoms with van der Waals surface area (Å²) < 4.78 is 12.6. The van der Waals surface area contributed by atoms with Crippen LogP contribution in [0.4, 0.5) is 0 Å². The van der Waals surface area contributed by atoms with Crippen molar-refractivity contribution in [2.75, 3.05) is 20.8 Å². The smallest absolute Gasteiger partial charge is 0.206 e. The number of carbonyl (C=O) groups excluding carboxylic acids is 1. The van der Waals surface area contributed by atoms with Gasteiger partial charge in [0.25, 0.3) is 0 Å². The largest absolute Gasteiger partial charge is 0.497 e. The van der Waals surface area contributed by atoms with Crippen molar-refractivity contribution in [2.45, 2.75) is 17.6 Å². The van der Waals surface area contributed by atoms with Crippen LogP contribution in [-0.2, 0) is 10.5 Å². The van der Waals surface area contributed by atoms with Crippen molar-refractivity contribution in [1.82, 2.24) is 24.6 Å². The Morgan fingerprint density at radius 3 is 2.65 bits per heavy atom. The maximum absolute atomic E-state index is 11.1. The Balaban J connectivity index is 2.00. The number of aldehydes is 1. The minimum absolute atomic E-state index is 0.384. The van der Waals surface area contributed by atoms with Gasteiger partial charge in [-0.1, -0.05) is 5.92 Å². The number of allylic oxidation sites excluding steroid dienone is 1. The minimum Gasteiger partial charge on any atom is -0.497 e. The van der Waals surface area contributed by atoms with Crippen molar-refractivity contribution < 1.29 is 14.3 Å². The van der Waals surface area contributed by atoms with Gasteiger partial charge in [0, 0.05) is 31.0 Å². The highest BCUT2D eigenvalue weighted by Crippen LogP contribution is 2.47. The molecule has 3 heterocycles. The second-order valence-electron chi connectivity index (χ2n) is 7.15. The van der Waals surface area contributed by atoms with Crippen molar-refractivity contribution in [1.29, 1.82) is 0 Å². The van der Waals surface area contributed by atoms with E-state index in [0.717, 1.165) is 10.9 Å². The topological polar surface area (TPSA) is 108 Å². The second kappa shape index (κ2) is 8.08. The van der Waals surface area contributed by atoms with Gasteiger partial charge in [0.05, 0.1) is 31.7 Å². The number of carbonyl (C=O) groups is 1. The summed E-state index contributed by atoms with van der Waals surface area (Å²) in [6.07, 6.45) is 14.7. The first-order valence-electron chi connectivity index (χ1n) is 9.58. The zero-order valence-corrected chi connectivity index (χ0v) is 17.2. The van der Waals surface area contributed by atoms with E-state index < -0.39 is 11.6 Å². The first-order chi connectivity index (χ1) is 15.1. The number of hydrogen-bond acceptors (Lipinski definition) is 8. The molecule has 1 aromatic carbocycles. The fourth-order valence-electron chi connectivity index (χ4n) is 4.26. The van der Waals surface area contributed by atoms with Gasteiger partial charge >= 0.3 is 0 Å². The normalized spacial score (nSPS) is 23.2. The molecule has 1 fully saturated rings. The molecule has 1 saturated heterocycles. The Hall–Kier alpha value is -3.90. The van der Waals surface area contributed by atoms with Gasteiger partial charge in [-0.15, -0.1) is 6.42 Å². The van der Waals surface area contributed by atoms with Crippen molar-refractivity contribution in [3.63, 3.8) is 0 Å². The summed E-state index contributed by atoms with van der Waals surface area (Å²) in [5.41, 5.74) is 6.85. The van der Waals surface area contributed by atoms with Crippen LogP contribution in [0.3, 0.4) is 0 Å². The Labute approximate surface area is 179 Å². The van der Waals surface area contributed by atoms with Crippen LogP contribution in [-0.4, -0.2) is 57.7 Å². The van der Waals surface area contributed by atoms with E-state index in [1.165, 1.54) is 12.4 Å². The first-order valence-corrected chi connectivity index (χ1v) is 9.58. The summed E-state index contributed by atoms with van der Waals surface area (Å²) >= 11 is 0. The van der Waals surface area contributed by atoms with Crippen molar-refractivity contribution in [2.24, 2.45) is 5.73 Å². The van der Waals surface area contributed by atoms with E-state index in [0.29, 0.717) is 30.0 Å². The fraction of sp³-hybridized carbons (Fsp3) is 0.273. The molecule has 0 aliphatic carbocycles. The molecule has 3 atom stereocenters. The number of aromatic nitrogens is 4. The van der Waals surface area contributed by atoms with E-state index in [4.69, 9.17) is 21.6 Å². The van der Waals surface area contributed by atoms with Crippen LogP contribution in [0.15, 0.2) is 49.2 Å². The number of rotatable bonds is 6. The van der Waals surface area contributed by atoms with E-state index in [9.17, 15) is 4.79 Å². The molecule has 3 unspecified atom stereocenters. The van der Waals surface area contributed by atoms with Gasteiger partial charge in [-0.2, -0.15) is 5.10 Å². The highest BCUT2D eigenvalue weighted by Gasteiger charge is 2.54. The fourth-order valence-corrected chi connectivity index (χ4v) is 4.26. The molecule has 0 spiro atoms. The van der Waals surface area contributed by atoms with Crippen LogP contribution in [0.25, 0.3) is 11.0 Å². The van der Waals surface area contributed by atoms with E-state index in [1.807, 2.05) is 17.0 Å². The first kappa shape index (κ1) is 20.4. The molecule has 3 aromatic rings. The van der Waals surface area contributed by atoms with E-state index in [-0.39, 0.29) is 6.04 Å². The standard InChI is InChI=1S/C22H22N6O3/c1-4-22(28-21-16(12-26-28)11-24-14-25-21)20(19(23)13-27(22)6-5-7-29)15-8-17(30-2)10-18(9-15)31-3/h1,5-12,14,19-20H,13,23H2,2-3H3. The average Bonchev–Trinajstić information content (AvgIpc) is 3.36. The van der Waals surface area contributed by atoms with Gasteiger partial charge in [-0.3, -0.25) is 4.79 Å². The molecule has 2 N–H and O–H groups in total. The van der Waals surface area contributed by atoms with Gasteiger partial charge in [0.1, 0.15) is 24.1 Å². The van der Waals surface area contributed by atoms with E-state index in [2.05, 4.69) is 21.0 Å². The summed E-state index contributed by atoms with van der Waals surface area (Å²) in [6.45, 7) is 0.394. The van der Waals surface area contributed by atoms with Gasteiger partial charge in [-0.25, -0.2) is 14.6 Å². The molecule has 0 saturated carbocycles. The zero-order chi connectivity index (χ0) is 22.0. The van der Waals surface area contributed by atoms with Crippen molar-refractivity contribution in [3.05, 3.63) is 54.8 Å². The number of ether oxygens (including phenoxy) is 2. The van der Waals surface area contributed by atoms with E-state index in [1.54, 1.807) is 43.6 Å². The molecule has 158 valence electrons. The number of nitrogens with two attached hydrogens (primary N) is 1. The number of likely N-dealkylation sites (tertiary alicyclic amines) is 1. The molecule has 9 nitrogen and oxygen atoms in total. The maximum Gasteiger partial charge on any atom is 0.206 e. The minimum atomic E-state index is -1.17. The average molecular weight is 418 g/mol. The Bertz CT molecular complexity index is 1160. The quantitative estimate of drug-likeness (QED) is 0.362. The second-order valence-corrected chi connectivity index (χ2v) is 7.15.